The third kappa shape index (κ3) is 2.86. The fraction of sp³-hybridized carbons (Fsp3) is 0.462. The molecule has 1 aromatic carbocycles. The van der Waals surface area contributed by atoms with E-state index in [0.717, 1.165) is 0 Å². The lowest BCUT2D eigenvalue weighted by molar-refractivity contribution is -0.0858. The van der Waals surface area contributed by atoms with Crippen LogP contribution in [0.5, 0.6) is 0 Å². The predicted molar refractivity (Wildman–Crippen MR) is 63.7 cm³/mol. The number of ether oxygens (including phenoxy) is 1. The number of rotatable bonds is 2. The van der Waals surface area contributed by atoms with E-state index in [0.29, 0.717) is 18.7 Å². The van der Waals surface area contributed by atoms with Crippen molar-refractivity contribution in [3.05, 3.63) is 35.6 Å². The Hall–Kier alpha value is -1.46. The first kappa shape index (κ1) is 13.0. The van der Waals surface area contributed by atoms with E-state index < -0.39 is 0 Å². The van der Waals surface area contributed by atoms with Crippen molar-refractivity contribution in [3.8, 4) is 0 Å². The van der Waals surface area contributed by atoms with Gasteiger partial charge >= 0.3 is 0 Å². The lowest BCUT2D eigenvalue weighted by atomic mass is 10.1. The normalized spacial score (nSPS) is 24.1. The van der Waals surface area contributed by atoms with Crippen LogP contribution in [0.25, 0.3) is 0 Å². The van der Waals surface area contributed by atoms with Gasteiger partial charge in [-0.05, 0) is 31.2 Å². The molecule has 1 amide bonds. The summed E-state index contributed by atoms with van der Waals surface area (Å²) in [5, 5.41) is 9.10. The summed E-state index contributed by atoms with van der Waals surface area (Å²) < 4.78 is 18.3. The Morgan fingerprint density at radius 1 is 1.44 bits per heavy atom. The van der Waals surface area contributed by atoms with Gasteiger partial charge in [-0.2, -0.15) is 0 Å². The highest BCUT2D eigenvalue weighted by Crippen LogP contribution is 2.14. The van der Waals surface area contributed by atoms with Crippen molar-refractivity contribution in [3.63, 3.8) is 0 Å². The molecule has 18 heavy (non-hydrogen) atoms. The Morgan fingerprint density at radius 3 is 2.72 bits per heavy atom. The molecule has 0 aromatic heterocycles. The molecule has 0 saturated carbocycles. The maximum absolute atomic E-state index is 12.8. The highest BCUT2D eigenvalue weighted by atomic mass is 19.1. The Bertz CT molecular complexity index is 421. The van der Waals surface area contributed by atoms with Gasteiger partial charge in [0.15, 0.2) is 0 Å². The van der Waals surface area contributed by atoms with E-state index in [-0.39, 0.29) is 30.5 Å². The molecule has 1 aromatic rings. The quantitative estimate of drug-likeness (QED) is 0.857. The first-order valence-electron chi connectivity index (χ1n) is 5.91. The molecule has 0 spiro atoms. The molecule has 0 aliphatic carbocycles. The van der Waals surface area contributed by atoms with Crippen LogP contribution in [0.4, 0.5) is 4.39 Å². The number of aliphatic hydroxyl groups is 1. The van der Waals surface area contributed by atoms with Gasteiger partial charge in [-0.3, -0.25) is 4.79 Å². The van der Waals surface area contributed by atoms with Crippen molar-refractivity contribution in [2.75, 3.05) is 19.7 Å². The molecule has 2 atom stereocenters. The van der Waals surface area contributed by atoms with E-state index in [1.54, 1.807) is 4.90 Å². The van der Waals surface area contributed by atoms with Crippen molar-refractivity contribution in [1.29, 1.82) is 0 Å². The minimum Gasteiger partial charge on any atom is -0.394 e. The van der Waals surface area contributed by atoms with Gasteiger partial charge in [-0.15, -0.1) is 0 Å². The van der Waals surface area contributed by atoms with Gasteiger partial charge in [0.05, 0.1) is 18.8 Å². The molecule has 0 bridgehead atoms. The molecule has 1 aliphatic rings. The van der Waals surface area contributed by atoms with Gasteiger partial charge in [-0.1, -0.05) is 0 Å². The molecule has 2 rings (SSSR count). The molecule has 98 valence electrons. The van der Waals surface area contributed by atoms with Crippen LogP contribution >= 0.6 is 0 Å². The monoisotopic (exact) mass is 253 g/mol. The van der Waals surface area contributed by atoms with Crippen LogP contribution in [0.3, 0.4) is 0 Å². The number of amides is 1. The molecule has 4 nitrogen and oxygen atoms in total. The second kappa shape index (κ2) is 5.46. The lowest BCUT2D eigenvalue weighted by Gasteiger charge is -2.36. The number of hydrogen-bond acceptors (Lipinski definition) is 3. The van der Waals surface area contributed by atoms with Gasteiger partial charge in [0.25, 0.3) is 5.91 Å². The zero-order valence-electron chi connectivity index (χ0n) is 10.2. The van der Waals surface area contributed by atoms with E-state index in [2.05, 4.69) is 0 Å². The largest absolute Gasteiger partial charge is 0.394 e. The minimum atomic E-state index is -0.366. The lowest BCUT2D eigenvalue weighted by Crippen LogP contribution is -2.50. The summed E-state index contributed by atoms with van der Waals surface area (Å²) in [6.07, 6.45) is -0.460. The van der Waals surface area contributed by atoms with Gasteiger partial charge in [0.1, 0.15) is 5.82 Å². The topological polar surface area (TPSA) is 49.8 Å². The van der Waals surface area contributed by atoms with E-state index in [9.17, 15) is 9.18 Å². The molecule has 2 unspecified atom stereocenters. The zero-order valence-corrected chi connectivity index (χ0v) is 10.2. The summed E-state index contributed by atoms with van der Waals surface area (Å²) in [6, 6.07) is 5.46. The van der Waals surface area contributed by atoms with Gasteiger partial charge in [0, 0.05) is 18.7 Å². The Morgan fingerprint density at radius 2 is 2.11 bits per heavy atom. The molecular weight excluding hydrogens is 237 g/mol. The third-order valence-electron chi connectivity index (χ3n) is 2.91. The molecule has 1 aliphatic heterocycles. The number of carbonyl (C=O) groups excluding carboxylic acids is 1. The number of hydrogen-bond donors (Lipinski definition) is 1. The predicted octanol–water partition coefficient (Wildman–Crippen LogP) is 1.05. The van der Waals surface area contributed by atoms with E-state index in [1.807, 2.05) is 6.92 Å². The molecule has 1 fully saturated rings. The zero-order chi connectivity index (χ0) is 13.1. The molecule has 1 heterocycles. The van der Waals surface area contributed by atoms with E-state index in [4.69, 9.17) is 9.84 Å². The molecular formula is C13H16FNO3. The second-order valence-electron chi connectivity index (χ2n) is 4.47. The second-order valence-corrected chi connectivity index (χ2v) is 4.47. The van der Waals surface area contributed by atoms with Crippen LogP contribution in [-0.2, 0) is 4.74 Å². The number of aliphatic hydroxyl groups excluding tert-OH is 1. The van der Waals surface area contributed by atoms with Gasteiger partial charge in [0.2, 0.25) is 0 Å². The number of halogens is 1. The average Bonchev–Trinajstić information content (AvgIpc) is 2.38. The number of morpholine rings is 1. The Balaban J connectivity index is 2.10. The van der Waals surface area contributed by atoms with Gasteiger partial charge in [-0.25, -0.2) is 4.39 Å². The Labute approximate surface area is 105 Å². The standard InChI is InChI=1S/C13H16FNO3/c1-9-6-15(7-12(8-16)18-9)13(17)10-2-4-11(14)5-3-10/h2-5,9,12,16H,6-8H2,1H3. The number of nitrogens with zero attached hydrogens (tertiary/aromatic N) is 1. The maximum Gasteiger partial charge on any atom is 0.254 e. The third-order valence-corrected chi connectivity index (χ3v) is 2.91. The maximum atomic E-state index is 12.8. The van der Waals surface area contributed by atoms with E-state index >= 15 is 0 Å². The fourth-order valence-electron chi connectivity index (χ4n) is 2.09. The Kier molecular flexibility index (Phi) is 3.93. The highest BCUT2D eigenvalue weighted by molar-refractivity contribution is 5.94. The SMILES string of the molecule is CC1CN(C(=O)c2ccc(F)cc2)CC(CO)O1. The summed E-state index contributed by atoms with van der Waals surface area (Å²) >= 11 is 0. The van der Waals surface area contributed by atoms with Crippen LogP contribution in [0.15, 0.2) is 24.3 Å². The molecule has 1 N–H and O–H groups in total. The summed E-state index contributed by atoms with van der Waals surface area (Å²) in [4.78, 5) is 13.8. The molecule has 5 heteroatoms. The summed E-state index contributed by atoms with van der Waals surface area (Å²) in [7, 11) is 0. The van der Waals surface area contributed by atoms with Crippen LogP contribution in [0, 0.1) is 5.82 Å². The van der Waals surface area contributed by atoms with Crippen molar-refractivity contribution < 1.29 is 19.0 Å². The number of benzene rings is 1. The summed E-state index contributed by atoms with van der Waals surface area (Å²) in [5.74, 6) is -0.529. The number of carbonyl (C=O) groups is 1. The first-order chi connectivity index (χ1) is 8.60. The average molecular weight is 253 g/mol. The molecule has 0 radical (unpaired) electrons. The van der Waals surface area contributed by atoms with Crippen molar-refractivity contribution in [2.24, 2.45) is 0 Å². The highest BCUT2D eigenvalue weighted by Gasteiger charge is 2.28. The van der Waals surface area contributed by atoms with Crippen LogP contribution in [0.1, 0.15) is 17.3 Å². The minimum absolute atomic E-state index is 0.111. The smallest absolute Gasteiger partial charge is 0.254 e. The van der Waals surface area contributed by atoms with Crippen LogP contribution < -0.4 is 0 Å². The van der Waals surface area contributed by atoms with Crippen molar-refractivity contribution in [1.82, 2.24) is 4.90 Å². The van der Waals surface area contributed by atoms with Crippen LogP contribution in [0.2, 0.25) is 0 Å². The summed E-state index contributed by atoms with van der Waals surface area (Å²) in [6.45, 7) is 2.58. The van der Waals surface area contributed by atoms with E-state index in [1.165, 1.54) is 24.3 Å². The molecule has 1 saturated heterocycles. The van der Waals surface area contributed by atoms with Gasteiger partial charge < -0.3 is 14.7 Å². The summed E-state index contributed by atoms with van der Waals surface area (Å²) in [5.41, 5.74) is 0.446. The van der Waals surface area contributed by atoms with Crippen LogP contribution in [-0.4, -0.2) is 47.8 Å². The van der Waals surface area contributed by atoms with Crippen molar-refractivity contribution in [2.45, 2.75) is 19.1 Å². The fourth-order valence-corrected chi connectivity index (χ4v) is 2.09. The van der Waals surface area contributed by atoms with Crippen molar-refractivity contribution >= 4 is 5.91 Å². The first-order valence-corrected chi connectivity index (χ1v) is 5.91.